The summed E-state index contributed by atoms with van der Waals surface area (Å²) in [7, 11) is -3.77. The number of halogens is 3. The van der Waals surface area contributed by atoms with E-state index < -0.39 is 22.0 Å². The number of hydrogen-bond acceptors (Lipinski definition) is 3. The van der Waals surface area contributed by atoms with Crippen molar-refractivity contribution in [3.8, 4) is 0 Å². The van der Waals surface area contributed by atoms with E-state index in [0.717, 1.165) is 4.47 Å². The first kappa shape index (κ1) is 19.6. The fourth-order valence-corrected chi connectivity index (χ4v) is 5.12. The SMILES string of the molecule is O=C(Nc1cccc(Cl)c1Cl)C1CCCN1S(=O)(=O)c1ccc(Br)cc1. The van der Waals surface area contributed by atoms with Gasteiger partial charge in [0.25, 0.3) is 0 Å². The van der Waals surface area contributed by atoms with E-state index in [1.807, 2.05) is 0 Å². The molecule has 1 saturated heterocycles. The van der Waals surface area contributed by atoms with Crippen molar-refractivity contribution in [3.05, 3.63) is 57.0 Å². The van der Waals surface area contributed by atoms with Gasteiger partial charge in [-0.3, -0.25) is 4.79 Å². The number of rotatable bonds is 4. The third-order valence-corrected chi connectivity index (χ3v) is 7.41. The number of anilines is 1. The molecule has 138 valence electrons. The lowest BCUT2D eigenvalue weighted by atomic mass is 10.2. The minimum atomic E-state index is -3.77. The van der Waals surface area contributed by atoms with Crippen molar-refractivity contribution in [2.75, 3.05) is 11.9 Å². The zero-order chi connectivity index (χ0) is 18.9. The van der Waals surface area contributed by atoms with Crippen LogP contribution in [0.15, 0.2) is 51.8 Å². The maximum atomic E-state index is 12.9. The second-order valence-electron chi connectivity index (χ2n) is 5.82. The first-order valence-corrected chi connectivity index (χ1v) is 10.8. The predicted molar refractivity (Wildman–Crippen MR) is 106 cm³/mol. The largest absolute Gasteiger partial charge is 0.323 e. The maximum absolute atomic E-state index is 12.9. The van der Waals surface area contributed by atoms with Crippen LogP contribution in [-0.4, -0.2) is 31.2 Å². The molecule has 2 aromatic rings. The standard InChI is InChI=1S/C17H15BrCl2N2O3S/c18-11-6-8-12(9-7-11)26(24,25)22-10-2-5-15(22)17(23)21-14-4-1-3-13(19)16(14)20/h1,3-4,6-9,15H,2,5,10H2,(H,21,23). The van der Waals surface area contributed by atoms with Crippen LogP contribution in [0.4, 0.5) is 5.69 Å². The molecule has 0 radical (unpaired) electrons. The normalized spacial score (nSPS) is 18.0. The Hall–Kier alpha value is -1.12. The summed E-state index contributed by atoms with van der Waals surface area (Å²) in [4.78, 5) is 12.8. The van der Waals surface area contributed by atoms with Crippen molar-refractivity contribution < 1.29 is 13.2 Å². The fourth-order valence-electron chi connectivity index (χ4n) is 2.85. The third kappa shape index (κ3) is 3.92. The van der Waals surface area contributed by atoms with Crippen LogP contribution in [0.1, 0.15) is 12.8 Å². The highest BCUT2D eigenvalue weighted by Crippen LogP contribution is 2.31. The topological polar surface area (TPSA) is 66.5 Å². The number of nitrogens with one attached hydrogen (secondary N) is 1. The summed E-state index contributed by atoms with van der Waals surface area (Å²) in [5.74, 6) is -0.424. The number of amides is 1. The van der Waals surface area contributed by atoms with Crippen LogP contribution >= 0.6 is 39.1 Å². The van der Waals surface area contributed by atoms with Gasteiger partial charge in [-0.2, -0.15) is 4.31 Å². The van der Waals surface area contributed by atoms with Gasteiger partial charge in [0.15, 0.2) is 0 Å². The number of nitrogens with zero attached hydrogens (tertiary/aromatic N) is 1. The van der Waals surface area contributed by atoms with Gasteiger partial charge < -0.3 is 5.32 Å². The molecule has 1 fully saturated rings. The molecule has 1 N–H and O–H groups in total. The minimum Gasteiger partial charge on any atom is -0.323 e. The van der Waals surface area contributed by atoms with E-state index in [-0.39, 0.29) is 9.92 Å². The van der Waals surface area contributed by atoms with Gasteiger partial charge in [-0.15, -0.1) is 0 Å². The van der Waals surface area contributed by atoms with Crippen molar-refractivity contribution in [2.24, 2.45) is 0 Å². The molecule has 5 nitrogen and oxygen atoms in total. The zero-order valence-electron chi connectivity index (χ0n) is 13.5. The zero-order valence-corrected chi connectivity index (χ0v) is 17.4. The summed E-state index contributed by atoms with van der Waals surface area (Å²) in [5.41, 5.74) is 0.358. The molecular weight excluding hydrogens is 463 g/mol. The second-order valence-corrected chi connectivity index (χ2v) is 9.41. The van der Waals surface area contributed by atoms with E-state index in [1.165, 1.54) is 16.4 Å². The second kappa shape index (κ2) is 7.86. The maximum Gasteiger partial charge on any atom is 0.243 e. The lowest BCUT2D eigenvalue weighted by molar-refractivity contribution is -0.119. The number of benzene rings is 2. The Balaban J connectivity index is 1.84. The Bertz CT molecular complexity index is 936. The van der Waals surface area contributed by atoms with Crippen molar-refractivity contribution in [1.82, 2.24) is 4.31 Å². The van der Waals surface area contributed by atoms with Crippen molar-refractivity contribution >= 4 is 60.7 Å². The molecule has 0 saturated carbocycles. The van der Waals surface area contributed by atoms with Gasteiger partial charge >= 0.3 is 0 Å². The van der Waals surface area contributed by atoms with Gasteiger partial charge in [-0.25, -0.2) is 8.42 Å². The molecule has 1 atom stereocenters. The van der Waals surface area contributed by atoms with Gasteiger partial charge in [0.2, 0.25) is 15.9 Å². The van der Waals surface area contributed by atoms with Gasteiger partial charge in [0, 0.05) is 11.0 Å². The summed E-state index contributed by atoms with van der Waals surface area (Å²) in [6, 6.07) is 10.4. The average Bonchev–Trinajstić information content (AvgIpc) is 3.10. The number of carbonyl (C=O) groups excluding carboxylic acids is 1. The van der Waals surface area contributed by atoms with Gasteiger partial charge in [-0.05, 0) is 49.2 Å². The molecule has 0 bridgehead atoms. The lowest BCUT2D eigenvalue weighted by Gasteiger charge is -2.23. The van der Waals surface area contributed by atoms with E-state index in [0.29, 0.717) is 30.1 Å². The molecular formula is C17H15BrCl2N2O3S. The number of hydrogen-bond donors (Lipinski definition) is 1. The summed E-state index contributed by atoms with van der Waals surface area (Å²) in [6.45, 7) is 0.291. The van der Waals surface area contributed by atoms with E-state index in [9.17, 15) is 13.2 Å². The fraction of sp³-hybridized carbons (Fsp3) is 0.235. The molecule has 1 heterocycles. The Morgan fingerprint density at radius 3 is 2.54 bits per heavy atom. The van der Waals surface area contributed by atoms with E-state index >= 15 is 0 Å². The van der Waals surface area contributed by atoms with Gasteiger partial charge in [-0.1, -0.05) is 45.2 Å². The van der Waals surface area contributed by atoms with Gasteiger partial charge in [0.05, 0.1) is 20.6 Å². The minimum absolute atomic E-state index is 0.154. The average molecular weight is 478 g/mol. The van der Waals surface area contributed by atoms with E-state index in [4.69, 9.17) is 23.2 Å². The van der Waals surface area contributed by atoms with Crippen molar-refractivity contribution in [2.45, 2.75) is 23.8 Å². The van der Waals surface area contributed by atoms with Crippen LogP contribution in [0.3, 0.4) is 0 Å². The van der Waals surface area contributed by atoms with Crippen LogP contribution in [0.25, 0.3) is 0 Å². The smallest absolute Gasteiger partial charge is 0.243 e. The van der Waals surface area contributed by atoms with Crippen LogP contribution in [-0.2, 0) is 14.8 Å². The highest BCUT2D eigenvalue weighted by molar-refractivity contribution is 9.10. The Morgan fingerprint density at radius 1 is 1.15 bits per heavy atom. The lowest BCUT2D eigenvalue weighted by Crippen LogP contribution is -2.43. The van der Waals surface area contributed by atoms with Crippen LogP contribution in [0.2, 0.25) is 10.0 Å². The molecule has 2 aromatic carbocycles. The number of sulfonamides is 1. The molecule has 9 heteroatoms. The summed E-state index contributed by atoms with van der Waals surface area (Å²) >= 11 is 15.3. The van der Waals surface area contributed by atoms with Crippen LogP contribution in [0, 0.1) is 0 Å². The molecule has 0 aromatic heterocycles. The first-order valence-electron chi connectivity index (χ1n) is 7.83. The van der Waals surface area contributed by atoms with E-state index in [1.54, 1.807) is 30.3 Å². The van der Waals surface area contributed by atoms with Gasteiger partial charge in [0.1, 0.15) is 6.04 Å². The van der Waals surface area contributed by atoms with Crippen LogP contribution in [0.5, 0.6) is 0 Å². The quantitative estimate of drug-likeness (QED) is 0.702. The summed E-state index contributed by atoms with van der Waals surface area (Å²) in [6.07, 6.45) is 1.05. The molecule has 1 unspecified atom stereocenters. The summed E-state index contributed by atoms with van der Waals surface area (Å²) < 4.78 is 27.9. The highest BCUT2D eigenvalue weighted by Gasteiger charge is 2.39. The Kier molecular flexibility index (Phi) is 5.94. The molecule has 1 aliphatic rings. The van der Waals surface area contributed by atoms with Crippen LogP contribution < -0.4 is 5.32 Å². The molecule has 1 amide bonds. The molecule has 1 aliphatic heterocycles. The molecule has 3 rings (SSSR count). The molecule has 26 heavy (non-hydrogen) atoms. The Morgan fingerprint density at radius 2 is 1.85 bits per heavy atom. The summed E-state index contributed by atoms with van der Waals surface area (Å²) in [5, 5.41) is 3.23. The molecule has 0 aliphatic carbocycles. The predicted octanol–water partition coefficient (Wildman–Crippen LogP) is 4.55. The third-order valence-electron chi connectivity index (χ3n) is 4.14. The first-order chi connectivity index (χ1) is 12.3. The van der Waals surface area contributed by atoms with Crippen molar-refractivity contribution in [3.63, 3.8) is 0 Å². The van der Waals surface area contributed by atoms with E-state index in [2.05, 4.69) is 21.2 Å². The number of carbonyl (C=O) groups is 1. The monoisotopic (exact) mass is 476 g/mol. The molecule has 0 spiro atoms. The Labute approximate surface area is 170 Å². The highest BCUT2D eigenvalue weighted by atomic mass is 79.9. The van der Waals surface area contributed by atoms with Crippen molar-refractivity contribution in [1.29, 1.82) is 0 Å².